The highest BCUT2D eigenvalue weighted by molar-refractivity contribution is 8.00. The largest absolute Gasteiger partial charge is 0.497 e. The lowest BCUT2D eigenvalue weighted by atomic mass is 10.1. The summed E-state index contributed by atoms with van der Waals surface area (Å²) in [5.74, 6) is 0.787. The van der Waals surface area contributed by atoms with Crippen LogP contribution in [0.25, 0.3) is 0 Å². The predicted octanol–water partition coefficient (Wildman–Crippen LogP) is 6.03. The molecule has 0 saturated carbocycles. The molecular formula is C23H18Cl2N2O3S. The van der Waals surface area contributed by atoms with Crippen molar-refractivity contribution in [3.63, 3.8) is 0 Å². The van der Waals surface area contributed by atoms with Crippen LogP contribution in [-0.2, 0) is 4.79 Å². The number of anilines is 2. The number of methoxy groups -OCH3 is 1. The molecule has 1 aliphatic heterocycles. The van der Waals surface area contributed by atoms with E-state index in [2.05, 4.69) is 5.32 Å². The van der Waals surface area contributed by atoms with E-state index in [0.29, 0.717) is 32.8 Å². The molecule has 0 radical (unpaired) electrons. The van der Waals surface area contributed by atoms with Gasteiger partial charge in [0.2, 0.25) is 5.91 Å². The summed E-state index contributed by atoms with van der Waals surface area (Å²) in [7, 11) is 1.59. The molecule has 1 saturated heterocycles. The van der Waals surface area contributed by atoms with Crippen LogP contribution in [-0.4, -0.2) is 24.7 Å². The third-order valence-corrected chi connectivity index (χ3v) is 6.76. The van der Waals surface area contributed by atoms with Gasteiger partial charge in [-0.3, -0.25) is 14.5 Å². The SMILES string of the molecule is COc1cccc(N2C(=O)CS[C@@H]2c2cccc(NC(=O)c3ccc(Cl)c(Cl)c3)c2)c1. The van der Waals surface area contributed by atoms with Crippen molar-refractivity contribution in [3.05, 3.63) is 87.9 Å². The van der Waals surface area contributed by atoms with E-state index in [4.69, 9.17) is 27.9 Å². The maximum Gasteiger partial charge on any atom is 0.255 e. The number of halogens is 2. The molecule has 1 aliphatic rings. The van der Waals surface area contributed by atoms with E-state index in [-0.39, 0.29) is 17.2 Å². The van der Waals surface area contributed by atoms with Gasteiger partial charge >= 0.3 is 0 Å². The zero-order valence-corrected chi connectivity index (χ0v) is 18.8. The molecule has 1 heterocycles. The van der Waals surface area contributed by atoms with E-state index in [0.717, 1.165) is 11.3 Å². The van der Waals surface area contributed by atoms with Crippen LogP contribution >= 0.6 is 35.0 Å². The minimum atomic E-state index is -0.296. The van der Waals surface area contributed by atoms with Crippen molar-refractivity contribution in [1.29, 1.82) is 0 Å². The Morgan fingerprint density at radius 3 is 2.65 bits per heavy atom. The maximum absolute atomic E-state index is 12.6. The average molecular weight is 473 g/mol. The van der Waals surface area contributed by atoms with Crippen LogP contribution in [0.3, 0.4) is 0 Å². The van der Waals surface area contributed by atoms with Crippen molar-refractivity contribution in [3.8, 4) is 5.75 Å². The van der Waals surface area contributed by atoms with Gasteiger partial charge in [-0.25, -0.2) is 0 Å². The summed E-state index contributed by atoms with van der Waals surface area (Å²) in [5, 5.41) is 3.38. The van der Waals surface area contributed by atoms with Crippen LogP contribution in [0.4, 0.5) is 11.4 Å². The van der Waals surface area contributed by atoms with Gasteiger partial charge in [0.1, 0.15) is 11.1 Å². The number of rotatable bonds is 5. The van der Waals surface area contributed by atoms with Gasteiger partial charge in [0.25, 0.3) is 5.91 Å². The van der Waals surface area contributed by atoms with E-state index < -0.39 is 0 Å². The summed E-state index contributed by atoms with van der Waals surface area (Å²) in [4.78, 5) is 27.0. The fraction of sp³-hybridized carbons (Fsp3) is 0.130. The van der Waals surface area contributed by atoms with Gasteiger partial charge < -0.3 is 10.1 Å². The van der Waals surface area contributed by atoms with Gasteiger partial charge in [0, 0.05) is 23.0 Å². The van der Waals surface area contributed by atoms with Crippen LogP contribution in [0.2, 0.25) is 10.0 Å². The number of thioether (sulfide) groups is 1. The number of carbonyl (C=O) groups excluding carboxylic acids is 2. The molecule has 1 fully saturated rings. The Morgan fingerprint density at radius 2 is 1.87 bits per heavy atom. The first kappa shape index (κ1) is 21.6. The number of hydrogen-bond acceptors (Lipinski definition) is 4. The first-order valence-electron chi connectivity index (χ1n) is 9.40. The van der Waals surface area contributed by atoms with Crippen molar-refractivity contribution in [2.75, 3.05) is 23.1 Å². The minimum Gasteiger partial charge on any atom is -0.497 e. The Balaban J connectivity index is 1.58. The maximum atomic E-state index is 12.6. The van der Waals surface area contributed by atoms with Crippen LogP contribution in [0.5, 0.6) is 5.75 Å². The number of benzene rings is 3. The number of nitrogens with zero attached hydrogens (tertiary/aromatic N) is 1. The normalized spacial score (nSPS) is 15.8. The third-order valence-electron chi connectivity index (χ3n) is 4.81. The molecule has 31 heavy (non-hydrogen) atoms. The highest BCUT2D eigenvalue weighted by Crippen LogP contribution is 2.43. The van der Waals surface area contributed by atoms with Crippen LogP contribution in [0, 0.1) is 0 Å². The lowest BCUT2D eigenvalue weighted by Crippen LogP contribution is -2.27. The van der Waals surface area contributed by atoms with Gasteiger partial charge in [0.15, 0.2) is 0 Å². The standard InChI is InChI=1S/C23H18Cl2N2O3S/c1-30-18-7-3-6-17(12-18)27-21(28)13-31-23(27)15-4-2-5-16(10-15)26-22(29)14-8-9-19(24)20(25)11-14/h2-12,23H,13H2,1H3,(H,26,29)/t23-/m1/s1. The van der Waals surface area contributed by atoms with Crippen LogP contribution in [0.1, 0.15) is 21.3 Å². The molecule has 2 amide bonds. The van der Waals surface area contributed by atoms with Gasteiger partial charge in [-0.2, -0.15) is 0 Å². The quantitative estimate of drug-likeness (QED) is 0.492. The molecule has 4 rings (SSSR count). The molecule has 0 aliphatic carbocycles. The summed E-state index contributed by atoms with van der Waals surface area (Å²) in [6.45, 7) is 0. The van der Waals surface area contributed by atoms with Crippen molar-refractivity contribution >= 4 is 58.2 Å². The van der Waals surface area contributed by atoms with E-state index >= 15 is 0 Å². The Bertz CT molecular complexity index is 1160. The highest BCUT2D eigenvalue weighted by Gasteiger charge is 2.34. The number of nitrogens with one attached hydrogen (secondary N) is 1. The second-order valence-electron chi connectivity index (χ2n) is 6.84. The fourth-order valence-electron chi connectivity index (χ4n) is 3.32. The molecular weight excluding hydrogens is 455 g/mol. The number of carbonyl (C=O) groups is 2. The molecule has 0 bridgehead atoms. The smallest absolute Gasteiger partial charge is 0.255 e. The Labute approximate surface area is 194 Å². The summed E-state index contributed by atoms with van der Waals surface area (Å²) >= 11 is 13.5. The molecule has 8 heteroatoms. The topological polar surface area (TPSA) is 58.6 Å². The second kappa shape index (κ2) is 9.22. The van der Waals surface area contributed by atoms with Crippen molar-refractivity contribution in [1.82, 2.24) is 0 Å². The van der Waals surface area contributed by atoms with E-state index in [1.807, 2.05) is 42.5 Å². The van der Waals surface area contributed by atoms with E-state index in [1.165, 1.54) is 17.8 Å². The van der Waals surface area contributed by atoms with Gasteiger partial charge in [-0.1, -0.05) is 41.4 Å². The Kier molecular flexibility index (Phi) is 6.41. The second-order valence-corrected chi connectivity index (χ2v) is 8.72. The summed E-state index contributed by atoms with van der Waals surface area (Å²) in [6.07, 6.45) is 0. The molecule has 158 valence electrons. The first-order valence-corrected chi connectivity index (χ1v) is 11.2. The van der Waals surface area contributed by atoms with E-state index in [9.17, 15) is 9.59 Å². The first-order chi connectivity index (χ1) is 15.0. The molecule has 0 unspecified atom stereocenters. The average Bonchev–Trinajstić information content (AvgIpc) is 3.17. The van der Waals surface area contributed by atoms with Crippen molar-refractivity contribution in [2.45, 2.75) is 5.37 Å². The predicted molar refractivity (Wildman–Crippen MR) is 127 cm³/mol. The fourth-order valence-corrected chi connectivity index (χ4v) is 4.79. The third kappa shape index (κ3) is 4.66. The molecule has 3 aromatic carbocycles. The molecule has 0 spiro atoms. The van der Waals surface area contributed by atoms with Crippen LogP contribution in [0.15, 0.2) is 66.7 Å². The lowest BCUT2D eigenvalue weighted by Gasteiger charge is -2.25. The molecule has 1 atom stereocenters. The minimum absolute atomic E-state index is 0.0218. The monoisotopic (exact) mass is 472 g/mol. The number of amides is 2. The molecule has 0 aromatic heterocycles. The van der Waals surface area contributed by atoms with Gasteiger partial charge in [0.05, 0.1) is 22.9 Å². The molecule has 1 N–H and O–H groups in total. The van der Waals surface area contributed by atoms with Gasteiger partial charge in [-0.05, 0) is 48.0 Å². The number of hydrogen-bond donors (Lipinski definition) is 1. The number of ether oxygens (including phenoxy) is 1. The Hall–Kier alpha value is -2.67. The van der Waals surface area contributed by atoms with E-state index in [1.54, 1.807) is 30.2 Å². The lowest BCUT2D eigenvalue weighted by molar-refractivity contribution is -0.115. The molecule has 3 aromatic rings. The summed E-state index contributed by atoms with van der Waals surface area (Å²) in [5.41, 5.74) is 2.71. The van der Waals surface area contributed by atoms with Gasteiger partial charge in [-0.15, -0.1) is 11.8 Å². The zero-order chi connectivity index (χ0) is 22.0. The zero-order valence-electron chi connectivity index (χ0n) is 16.5. The summed E-state index contributed by atoms with van der Waals surface area (Å²) < 4.78 is 5.30. The van der Waals surface area contributed by atoms with Crippen LogP contribution < -0.4 is 15.0 Å². The Morgan fingerprint density at radius 1 is 1.06 bits per heavy atom. The van der Waals surface area contributed by atoms with Crippen molar-refractivity contribution < 1.29 is 14.3 Å². The summed E-state index contributed by atoms with van der Waals surface area (Å²) in [6, 6.07) is 19.6. The highest BCUT2D eigenvalue weighted by atomic mass is 35.5. The molecule has 5 nitrogen and oxygen atoms in total. The van der Waals surface area contributed by atoms with Crippen molar-refractivity contribution in [2.24, 2.45) is 0 Å².